The van der Waals surface area contributed by atoms with E-state index in [0.29, 0.717) is 0 Å². The normalized spacial score (nSPS) is 10.9. The van der Waals surface area contributed by atoms with E-state index in [0.717, 1.165) is 28.7 Å². The molecule has 3 rings (SSSR count). The van der Waals surface area contributed by atoms with Crippen molar-refractivity contribution >= 4 is 12.1 Å². The minimum atomic E-state index is -0.759. The molecule has 6 heteroatoms. The summed E-state index contributed by atoms with van der Waals surface area (Å²) >= 11 is 0. The monoisotopic (exact) mass is 388 g/mol. The van der Waals surface area contributed by atoms with Gasteiger partial charge >= 0.3 is 0 Å². The summed E-state index contributed by atoms with van der Waals surface area (Å²) < 4.78 is 16.1. The van der Waals surface area contributed by atoms with E-state index in [1.165, 1.54) is 23.3 Å². The van der Waals surface area contributed by atoms with Crippen molar-refractivity contribution in [3.63, 3.8) is 0 Å². The highest BCUT2D eigenvalue weighted by molar-refractivity contribution is 5.95. The number of rotatable bonds is 4. The second-order valence-corrected chi connectivity index (χ2v) is 6.91. The Morgan fingerprint density at radius 3 is 2.45 bits per heavy atom. The van der Waals surface area contributed by atoms with Gasteiger partial charge in [0.05, 0.1) is 29.1 Å². The molecule has 2 aromatic carbocycles. The molecule has 5 nitrogen and oxygen atoms in total. The third-order valence-electron chi connectivity index (χ3n) is 4.85. The maximum absolute atomic E-state index is 14.0. The van der Waals surface area contributed by atoms with Crippen molar-refractivity contribution in [2.75, 3.05) is 0 Å². The number of hydrogen-bond donors (Lipinski definition) is 1. The second-order valence-electron chi connectivity index (χ2n) is 6.91. The van der Waals surface area contributed by atoms with E-state index in [1.54, 1.807) is 6.21 Å². The Bertz CT molecular complexity index is 1150. The summed E-state index contributed by atoms with van der Waals surface area (Å²) in [6.07, 6.45) is 1.55. The van der Waals surface area contributed by atoms with Crippen LogP contribution in [-0.4, -0.2) is 16.7 Å². The number of amides is 1. The number of carbonyl (C=O) groups is 1. The molecule has 0 saturated carbocycles. The van der Waals surface area contributed by atoms with Gasteiger partial charge in [-0.05, 0) is 63.1 Å². The summed E-state index contributed by atoms with van der Waals surface area (Å²) in [5.74, 6) is -1.43. The van der Waals surface area contributed by atoms with Gasteiger partial charge in [0.25, 0.3) is 5.91 Å². The van der Waals surface area contributed by atoms with Crippen LogP contribution in [0.3, 0.4) is 0 Å². The van der Waals surface area contributed by atoms with Crippen LogP contribution >= 0.6 is 0 Å². The van der Waals surface area contributed by atoms with Crippen molar-refractivity contribution in [2.45, 2.75) is 27.7 Å². The third kappa shape index (κ3) is 3.94. The number of aryl methyl sites for hydroxylation is 3. The summed E-state index contributed by atoms with van der Waals surface area (Å²) in [5.41, 5.74) is 8.68. The van der Waals surface area contributed by atoms with Gasteiger partial charge in [-0.2, -0.15) is 10.4 Å². The average Bonchev–Trinajstić information content (AvgIpc) is 2.95. The Morgan fingerprint density at radius 2 is 1.83 bits per heavy atom. The molecule has 0 saturated heterocycles. The van der Waals surface area contributed by atoms with Crippen LogP contribution in [0.25, 0.3) is 5.69 Å². The first-order valence-corrected chi connectivity index (χ1v) is 9.12. The van der Waals surface area contributed by atoms with E-state index < -0.39 is 11.7 Å². The Labute approximate surface area is 169 Å². The Hall–Kier alpha value is -3.72. The first-order valence-electron chi connectivity index (χ1n) is 9.12. The van der Waals surface area contributed by atoms with Gasteiger partial charge in [-0.15, -0.1) is 0 Å². The highest BCUT2D eigenvalue weighted by atomic mass is 19.1. The minimum absolute atomic E-state index is 0.154. The summed E-state index contributed by atoms with van der Waals surface area (Å²) in [6.45, 7) is 8.14. The average molecular weight is 388 g/mol. The summed E-state index contributed by atoms with van der Waals surface area (Å²) in [7, 11) is 0. The molecular formula is C23H21FN4O. The molecule has 3 aromatic rings. The molecule has 0 aliphatic heterocycles. The number of nitrogens with one attached hydrogen (secondary N) is 1. The van der Waals surface area contributed by atoms with Gasteiger partial charge in [0.1, 0.15) is 5.82 Å². The summed E-state index contributed by atoms with van der Waals surface area (Å²) in [5, 5.41) is 12.8. The molecule has 1 heterocycles. The van der Waals surface area contributed by atoms with Gasteiger partial charge in [-0.3, -0.25) is 4.79 Å². The number of hydrazone groups is 1. The molecule has 1 N–H and O–H groups in total. The van der Waals surface area contributed by atoms with Gasteiger partial charge in [0.2, 0.25) is 0 Å². The van der Waals surface area contributed by atoms with Gasteiger partial charge < -0.3 is 4.57 Å². The number of para-hydroxylation sites is 1. The van der Waals surface area contributed by atoms with Crippen molar-refractivity contribution in [2.24, 2.45) is 5.10 Å². The van der Waals surface area contributed by atoms with Crippen LogP contribution in [0.1, 0.15) is 44.0 Å². The molecule has 1 aromatic heterocycles. The van der Waals surface area contributed by atoms with E-state index in [1.807, 2.05) is 32.0 Å². The van der Waals surface area contributed by atoms with E-state index in [4.69, 9.17) is 5.26 Å². The van der Waals surface area contributed by atoms with Crippen LogP contribution < -0.4 is 5.43 Å². The molecule has 1 amide bonds. The van der Waals surface area contributed by atoms with Crippen LogP contribution in [0.5, 0.6) is 0 Å². The van der Waals surface area contributed by atoms with Crippen LogP contribution in [0.2, 0.25) is 0 Å². The molecular weight excluding hydrogens is 367 g/mol. The molecule has 146 valence electrons. The fraction of sp³-hybridized carbons (Fsp3) is 0.174. The lowest BCUT2D eigenvalue weighted by molar-refractivity contribution is 0.0951. The first-order chi connectivity index (χ1) is 13.8. The number of halogens is 1. The zero-order valence-corrected chi connectivity index (χ0v) is 16.7. The Kier molecular flexibility index (Phi) is 5.60. The standard InChI is InChI=1S/C23H21FN4O/c1-14-6-5-7-15(2)22(14)28-16(3)10-19(17(28)4)13-26-27-23(29)20-9-8-18(12-25)11-21(20)24/h5-11,13H,1-4H3,(H,27,29). The third-order valence-corrected chi connectivity index (χ3v) is 4.85. The number of benzene rings is 2. The summed E-state index contributed by atoms with van der Waals surface area (Å²) in [4.78, 5) is 12.2. The molecule has 0 bridgehead atoms. The van der Waals surface area contributed by atoms with Crippen molar-refractivity contribution in [3.8, 4) is 11.8 Å². The lowest BCUT2D eigenvalue weighted by Gasteiger charge is -2.15. The fourth-order valence-corrected chi connectivity index (χ4v) is 3.41. The molecule has 0 fully saturated rings. The smallest absolute Gasteiger partial charge is 0.274 e. The van der Waals surface area contributed by atoms with Crippen LogP contribution in [0.15, 0.2) is 47.6 Å². The zero-order chi connectivity index (χ0) is 21.1. The van der Waals surface area contributed by atoms with Crippen LogP contribution in [0.4, 0.5) is 4.39 Å². The molecule has 0 atom stereocenters. The van der Waals surface area contributed by atoms with E-state index in [-0.39, 0.29) is 11.1 Å². The molecule has 0 unspecified atom stereocenters. The second kappa shape index (κ2) is 8.11. The van der Waals surface area contributed by atoms with E-state index in [9.17, 15) is 9.18 Å². The number of nitriles is 1. The molecule has 0 spiro atoms. The number of aromatic nitrogens is 1. The molecule has 29 heavy (non-hydrogen) atoms. The van der Waals surface area contributed by atoms with E-state index in [2.05, 4.69) is 41.1 Å². The molecule has 0 aliphatic rings. The largest absolute Gasteiger partial charge is 0.317 e. The maximum atomic E-state index is 14.0. The predicted octanol–water partition coefficient (Wildman–Crippen LogP) is 4.49. The highest BCUT2D eigenvalue weighted by Crippen LogP contribution is 2.25. The van der Waals surface area contributed by atoms with Gasteiger partial charge in [0.15, 0.2) is 0 Å². The van der Waals surface area contributed by atoms with E-state index >= 15 is 0 Å². The first kappa shape index (κ1) is 20.0. The van der Waals surface area contributed by atoms with Crippen LogP contribution in [0, 0.1) is 44.8 Å². The Morgan fingerprint density at radius 1 is 1.14 bits per heavy atom. The molecule has 0 radical (unpaired) electrons. The number of hydrogen-bond acceptors (Lipinski definition) is 3. The maximum Gasteiger partial charge on any atom is 0.274 e. The topological polar surface area (TPSA) is 70.2 Å². The van der Waals surface area contributed by atoms with Gasteiger partial charge in [-0.1, -0.05) is 18.2 Å². The highest BCUT2D eigenvalue weighted by Gasteiger charge is 2.14. The quantitative estimate of drug-likeness (QED) is 0.529. The van der Waals surface area contributed by atoms with Crippen molar-refractivity contribution in [3.05, 3.63) is 87.5 Å². The number of carbonyl (C=O) groups excluding carboxylic acids is 1. The van der Waals surface area contributed by atoms with Crippen LogP contribution in [-0.2, 0) is 0 Å². The van der Waals surface area contributed by atoms with Crippen molar-refractivity contribution in [1.82, 2.24) is 9.99 Å². The lowest BCUT2D eigenvalue weighted by atomic mass is 10.1. The summed E-state index contributed by atoms with van der Waals surface area (Å²) in [6, 6.07) is 13.7. The number of nitrogens with zero attached hydrogens (tertiary/aromatic N) is 3. The van der Waals surface area contributed by atoms with Gasteiger partial charge in [0, 0.05) is 17.0 Å². The zero-order valence-electron chi connectivity index (χ0n) is 16.7. The Balaban J connectivity index is 1.84. The lowest BCUT2D eigenvalue weighted by Crippen LogP contribution is -2.19. The van der Waals surface area contributed by atoms with Crippen molar-refractivity contribution in [1.29, 1.82) is 5.26 Å². The van der Waals surface area contributed by atoms with Crippen molar-refractivity contribution < 1.29 is 9.18 Å². The SMILES string of the molecule is Cc1cccc(C)c1-n1c(C)cc(C=NNC(=O)c2ccc(C#N)cc2F)c1C. The predicted molar refractivity (Wildman–Crippen MR) is 111 cm³/mol. The molecule has 0 aliphatic carbocycles. The minimum Gasteiger partial charge on any atom is -0.317 e. The fourth-order valence-electron chi connectivity index (χ4n) is 3.41. The van der Waals surface area contributed by atoms with Gasteiger partial charge in [-0.25, -0.2) is 9.82 Å².